The van der Waals surface area contributed by atoms with Gasteiger partial charge in [-0.05, 0) is 37.3 Å². The fourth-order valence-electron chi connectivity index (χ4n) is 1.56. The van der Waals surface area contributed by atoms with E-state index in [-0.39, 0.29) is 0 Å². The molecule has 94 valence electrons. The van der Waals surface area contributed by atoms with E-state index in [4.69, 9.17) is 4.74 Å². The summed E-state index contributed by atoms with van der Waals surface area (Å²) in [4.78, 5) is 10.2. The number of carbonyl (C=O) groups is 1. The summed E-state index contributed by atoms with van der Waals surface area (Å²) in [7, 11) is 0. The van der Waals surface area contributed by atoms with Gasteiger partial charge >= 0.3 is 0 Å². The van der Waals surface area contributed by atoms with Crippen LogP contribution in [-0.2, 0) is 11.3 Å². The molecule has 5 nitrogen and oxygen atoms in total. The van der Waals surface area contributed by atoms with Crippen LogP contribution < -0.4 is 10.1 Å². The smallest absolute Gasteiger partial charge is 0.211 e. The summed E-state index contributed by atoms with van der Waals surface area (Å²) in [6.07, 6.45) is 2.58. The lowest BCUT2D eigenvalue weighted by atomic mass is 10.3. The molecule has 0 radical (unpaired) electrons. The van der Waals surface area contributed by atoms with E-state index in [9.17, 15) is 4.79 Å². The predicted molar refractivity (Wildman–Crippen MR) is 68.6 cm³/mol. The number of anilines is 1. The molecule has 0 aliphatic carbocycles. The van der Waals surface area contributed by atoms with E-state index in [1.165, 1.54) is 0 Å². The zero-order valence-corrected chi connectivity index (χ0v) is 10.2. The van der Waals surface area contributed by atoms with Gasteiger partial charge in [-0.1, -0.05) is 0 Å². The lowest BCUT2D eigenvalue weighted by Crippen LogP contribution is -2.08. The van der Waals surface area contributed by atoms with Crippen molar-refractivity contribution in [1.82, 2.24) is 9.78 Å². The van der Waals surface area contributed by atoms with Crippen molar-refractivity contribution in [2.75, 3.05) is 11.9 Å². The Kier molecular flexibility index (Phi) is 3.96. The van der Waals surface area contributed by atoms with Crippen LogP contribution >= 0.6 is 0 Å². The molecule has 0 spiro atoms. The number of amides is 1. The standard InChI is InChI=1S/C13H15N3O2/c1-11-6-7-16(15-11)8-9-18-13-4-2-12(3-5-13)14-10-17/h2-7,10H,8-9H2,1H3,(H,14,17). The average Bonchev–Trinajstić information content (AvgIpc) is 2.78. The van der Waals surface area contributed by atoms with Gasteiger partial charge in [0.1, 0.15) is 12.4 Å². The van der Waals surface area contributed by atoms with Crippen LogP contribution in [0.4, 0.5) is 5.69 Å². The Morgan fingerprint density at radius 1 is 1.33 bits per heavy atom. The molecule has 18 heavy (non-hydrogen) atoms. The first-order valence-electron chi connectivity index (χ1n) is 5.71. The van der Waals surface area contributed by atoms with Crippen LogP contribution in [-0.4, -0.2) is 22.8 Å². The van der Waals surface area contributed by atoms with Crippen molar-refractivity contribution >= 4 is 12.1 Å². The van der Waals surface area contributed by atoms with Crippen LogP contribution in [0, 0.1) is 6.92 Å². The molecular formula is C13H15N3O2. The van der Waals surface area contributed by atoms with E-state index in [0.29, 0.717) is 19.6 Å². The lowest BCUT2D eigenvalue weighted by molar-refractivity contribution is -0.105. The van der Waals surface area contributed by atoms with Gasteiger partial charge in [-0.2, -0.15) is 5.10 Å². The van der Waals surface area contributed by atoms with E-state index in [0.717, 1.165) is 17.1 Å². The third kappa shape index (κ3) is 3.35. The molecule has 2 aromatic rings. The maximum Gasteiger partial charge on any atom is 0.211 e. The molecule has 0 bridgehead atoms. The molecule has 1 N–H and O–H groups in total. The number of nitrogens with one attached hydrogen (secondary N) is 1. The van der Waals surface area contributed by atoms with Crippen molar-refractivity contribution in [3.8, 4) is 5.75 Å². The number of aryl methyl sites for hydroxylation is 1. The highest BCUT2D eigenvalue weighted by Crippen LogP contribution is 2.15. The van der Waals surface area contributed by atoms with E-state index in [1.54, 1.807) is 12.1 Å². The van der Waals surface area contributed by atoms with Crippen LogP contribution in [0.5, 0.6) is 5.75 Å². The van der Waals surface area contributed by atoms with Crippen LogP contribution in [0.3, 0.4) is 0 Å². The van der Waals surface area contributed by atoms with Gasteiger partial charge in [0.2, 0.25) is 6.41 Å². The average molecular weight is 245 g/mol. The number of ether oxygens (including phenoxy) is 1. The number of carbonyl (C=O) groups excluding carboxylic acids is 1. The van der Waals surface area contributed by atoms with Crippen LogP contribution in [0.15, 0.2) is 36.5 Å². The first-order chi connectivity index (χ1) is 8.78. The molecule has 1 heterocycles. The maximum atomic E-state index is 10.2. The van der Waals surface area contributed by atoms with Crippen molar-refractivity contribution in [3.05, 3.63) is 42.2 Å². The topological polar surface area (TPSA) is 56.1 Å². The van der Waals surface area contributed by atoms with E-state index in [2.05, 4.69) is 10.4 Å². The largest absolute Gasteiger partial charge is 0.492 e. The molecule has 1 aromatic carbocycles. The Balaban J connectivity index is 1.81. The van der Waals surface area contributed by atoms with Gasteiger partial charge in [0.15, 0.2) is 0 Å². The summed E-state index contributed by atoms with van der Waals surface area (Å²) in [5.41, 5.74) is 1.75. The lowest BCUT2D eigenvalue weighted by Gasteiger charge is -2.07. The second kappa shape index (κ2) is 5.86. The number of nitrogens with zero attached hydrogens (tertiary/aromatic N) is 2. The quantitative estimate of drug-likeness (QED) is 0.790. The van der Waals surface area contributed by atoms with Crippen LogP contribution in [0.1, 0.15) is 5.69 Å². The number of benzene rings is 1. The monoisotopic (exact) mass is 245 g/mol. The number of hydrogen-bond donors (Lipinski definition) is 1. The molecule has 2 rings (SSSR count). The van der Waals surface area contributed by atoms with Gasteiger partial charge in [0.05, 0.1) is 12.2 Å². The number of hydrogen-bond acceptors (Lipinski definition) is 3. The van der Waals surface area contributed by atoms with Gasteiger partial charge < -0.3 is 10.1 Å². The minimum absolute atomic E-state index is 0.557. The highest BCUT2D eigenvalue weighted by Gasteiger charge is 1.97. The van der Waals surface area contributed by atoms with Crippen LogP contribution in [0.25, 0.3) is 0 Å². The summed E-state index contributed by atoms with van der Waals surface area (Å²) in [6, 6.07) is 9.18. The fourth-order valence-corrected chi connectivity index (χ4v) is 1.56. The summed E-state index contributed by atoms with van der Waals surface area (Å²) >= 11 is 0. The summed E-state index contributed by atoms with van der Waals surface area (Å²) in [5, 5.41) is 6.84. The van der Waals surface area contributed by atoms with Crippen LogP contribution in [0.2, 0.25) is 0 Å². The molecule has 1 aromatic heterocycles. The van der Waals surface area contributed by atoms with Crippen molar-refractivity contribution in [2.45, 2.75) is 13.5 Å². The Hall–Kier alpha value is -2.30. The Morgan fingerprint density at radius 2 is 2.11 bits per heavy atom. The van der Waals surface area contributed by atoms with Crippen molar-refractivity contribution in [2.24, 2.45) is 0 Å². The van der Waals surface area contributed by atoms with Crippen molar-refractivity contribution < 1.29 is 9.53 Å². The SMILES string of the molecule is Cc1ccn(CCOc2ccc(NC=O)cc2)n1. The zero-order valence-electron chi connectivity index (χ0n) is 10.2. The molecule has 0 fully saturated rings. The summed E-state index contributed by atoms with van der Waals surface area (Å²) in [5.74, 6) is 0.773. The second-order valence-electron chi connectivity index (χ2n) is 3.86. The molecule has 5 heteroatoms. The molecule has 0 unspecified atom stereocenters. The Labute approximate surface area is 105 Å². The van der Waals surface area contributed by atoms with E-state index >= 15 is 0 Å². The number of rotatable bonds is 6. The molecule has 0 aliphatic rings. The van der Waals surface area contributed by atoms with E-state index < -0.39 is 0 Å². The highest BCUT2D eigenvalue weighted by molar-refractivity contribution is 5.71. The molecule has 0 saturated heterocycles. The van der Waals surface area contributed by atoms with Crippen molar-refractivity contribution in [3.63, 3.8) is 0 Å². The summed E-state index contributed by atoms with van der Waals surface area (Å²) in [6.45, 7) is 3.22. The van der Waals surface area contributed by atoms with Gasteiger partial charge in [-0.25, -0.2) is 0 Å². The first-order valence-corrected chi connectivity index (χ1v) is 5.71. The highest BCUT2D eigenvalue weighted by atomic mass is 16.5. The van der Waals surface area contributed by atoms with Gasteiger partial charge in [0.25, 0.3) is 0 Å². The Morgan fingerprint density at radius 3 is 2.72 bits per heavy atom. The third-order valence-electron chi connectivity index (χ3n) is 2.44. The predicted octanol–water partition coefficient (Wildman–Crippen LogP) is 1.84. The van der Waals surface area contributed by atoms with E-state index in [1.807, 2.05) is 36.0 Å². The first kappa shape index (κ1) is 12.2. The van der Waals surface area contributed by atoms with Crippen molar-refractivity contribution in [1.29, 1.82) is 0 Å². The molecule has 0 atom stereocenters. The van der Waals surface area contributed by atoms with Gasteiger partial charge in [-0.15, -0.1) is 0 Å². The van der Waals surface area contributed by atoms with Gasteiger partial charge in [-0.3, -0.25) is 9.48 Å². The Bertz CT molecular complexity index is 505. The summed E-state index contributed by atoms with van der Waals surface area (Å²) < 4.78 is 7.42. The number of aromatic nitrogens is 2. The fraction of sp³-hybridized carbons (Fsp3) is 0.231. The molecule has 1 amide bonds. The van der Waals surface area contributed by atoms with Gasteiger partial charge in [0, 0.05) is 11.9 Å². The second-order valence-corrected chi connectivity index (χ2v) is 3.86. The maximum absolute atomic E-state index is 10.2. The minimum Gasteiger partial charge on any atom is -0.492 e. The minimum atomic E-state index is 0.557. The molecular weight excluding hydrogens is 230 g/mol. The zero-order chi connectivity index (χ0) is 12.8. The normalized spacial score (nSPS) is 10.1. The molecule has 0 saturated carbocycles. The third-order valence-corrected chi connectivity index (χ3v) is 2.44. The molecule has 0 aliphatic heterocycles.